The molecule has 1 atom stereocenters. The summed E-state index contributed by atoms with van der Waals surface area (Å²) in [6.45, 7) is 2.08. The van der Waals surface area contributed by atoms with Gasteiger partial charge in [0.1, 0.15) is 30.3 Å². The molecule has 0 radical (unpaired) electrons. The molecular formula is C24H22BrNO5. The summed E-state index contributed by atoms with van der Waals surface area (Å²) in [6, 6.07) is 23.2. The van der Waals surface area contributed by atoms with Crippen molar-refractivity contribution in [2.24, 2.45) is 0 Å². The van der Waals surface area contributed by atoms with Crippen LogP contribution >= 0.6 is 15.9 Å². The van der Waals surface area contributed by atoms with Crippen molar-refractivity contribution < 1.29 is 23.8 Å². The van der Waals surface area contributed by atoms with Crippen molar-refractivity contribution in [3.05, 3.63) is 88.9 Å². The Morgan fingerprint density at radius 2 is 1.52 bits per heavy atom. The molecule has 0 heterocycles. The molecule has 0 aromatic heterocycles. The first-order valence-corrected chi connectivity index (χ1v) is 10.5. The monoisotopic (exact) mass is 483 g/mol. The second-order valence-corrected chi connectivity index (χ2v) is 7.47. The molecule has 3 rings (SSSR count). The van der Waals surface area contributed by atoms with Gasteiger partial charge in [-0.05, 0) is 55.5 Å². The number of amides is 1. The summed E-state index contributed by atoms with van der Waals surface area (Å²) in [6.07, 6.45) is -0.981. The smallest absolute Gasteiger partial charge is 0.342 e. The molecule has 1 amide bonds. The quantitative estimate of drug-likeness (QED) is 0.338. The first-order valence-electron chi connectivity index (χ1n) is 9.70. The largest absolute Gasteiger partial charge is 0.490 e. The Balaban J connectivity index is 1.53. The van der Waals surface area contributed by atoms with E-state index < -0.39 is 18.0 Å². The molecule has 7 heteroatoms. The van der Waals surface area contributed by atoms with E-state index in [9.17, 15) is 9.59 Å². The molecule has 31 heavy (non-hydrogen) atoms. The van der Waals surface area contributed by atoms with E-state index in [0.717, 1.165) is 10.2 Å². The van der Waals surface area contributed by atoms with Crippen molar-refractivity contribution in [3.63, 3.8) is 0 Å². The van der Waals surface area contributed by atoms with E-state index in [1.165, 1.54) is 6.92 Å². The average molecular weight is 484 g/mol. The first kappa shape index (κ1) is 22.4. The maximum atomic E-state index is 12.6. The Morgan fingerprint density at radius 3 is 2.26 bits per heavy atom. The molecule has 0 aliphatic rings. The van der Waals surface area contributed by atoms with Gasteiger partial charge in [0.15, 0.2) is 6.10 Å². The number of hydrogen-bond acceptors (Lipinski definition) is 5. The normalized spacial score (nSPS) is 11.3. The highest BCUT2D eigenvalue weighted by Gasteiger charge is 2.21. The second kappa shape index (κ2) is 11.2. The number of para-hydroxylation sites is 2. The lowest BCUT2D eigenvalue weighted by molar-refractivity contribution is -0.123. The summed E-state index contributed by atoms with van der Waals surface area (Å²) in [5, 5.41) is 2.71. The number of esters is 1. The summed E-state index contributed by atoms with van der Waals surface area (Å²) in [5.74, 6) is 0.0393. The molecule has 3 aromatic rings. The summed E-state index contributed by atoms with van der Waals surface area (Å²) in [4.78, 5) is 25.0. The lowest BCUT2D eigenvalue weighted by atomic mass is 10.2. The zero-order valence-electron chi connectivity index (χ0n) is 16.9. The van der Waals surface area contributed by atoms with Crippen LogP contribution in [0.25, 0.3) is 0 Å². The number of halogens is 1. The Morgan fingerprint density at radius 1 is 0.871 bits per heavy atom. The van der Waals surface area contributed by atoms with E-state index in [1.54, 1.807) is 48.5 Å². The number of carbonyl (C=O) groups excluding carboxylic acids is 2. The number of nitrogens with one attached hydrogen (secondary N) is 1. The molecule has 0 aliphatic carbocycles. The molecule has 3 aromatic carbocycles. The lowest BCUT2D eigenvalue weighted by Crippen LogP contribution is -2.30. The van der Waals surface area contributed by atoms with Crippen molar-refractivity contribution in [1.29, 1.82) is 0 Å². The maximum absolute atomic E-state index is 12.6. The Labute approximate surface area is 189 Å². The molecule has 160 valence electrons. The zero-order chi connectivity index (χ0) is 22.1. The third-order valence-corrected chi connectivity index (χ3v) is 4.75. The molecule has 0 unspecified atom stereocenters. The van der Waals surface area contributed by atoms with E-state index in [-0.39, 0.29) is 12.2 Å². The maximum Gasteiger partial charge on any atom is 0.342 e. The van der Waals surface area contributed by atoms with Gasteiger partial charge in [-0.3, -0.25) is 4.79 Å². The molecule has 0 saturated heterocycles. The average Bonchev–Trinajstić information content (AvgIpc) is 2.79. The molecule has 0 bridgehead atoms. The van der Waals surface area contributed by atoms with Crippen molar-refractivity contribution in [2.75, 3.05) is 18.5 Å². The van der Waals surface area contributed by atoms with Crippen LogP contribution in [0.1, 0.15) is 17.3 Å². The van der Waals surface area contributed by atoms with Gasteiger partial charge in [0, 0.05) is 10.2 Å². The van der Waals surface area contributed by atoms with Crippen LogP contribution in [0.15, 0.2) is 83.3 Å². The number of ether oxygens (including phenoxy) is 3. The van der Waals surface area contributed by atoms with Gasteiger partial charge in [0.25, 0.3) is 5.91 Å². The summed E-state index contributed by atoms with van der Waals surface area (Å²) < 4.78 is 17.5. The molecular weight excluding hydrogens is 462 g/mol. The van der Waals surface area contributed by atoms with E-state index in [2.05, 4.69) is 21.2 Å². The topological polar surface area (TPSA) is 73.9 Å². The van der Waals surface area contributed by atoms with Gasteiger partial charge in [-0.2, -0.15) is 0 Å². The van der Waals surface area contributed by atoms with Crippen molar-refractivity contribution in [2.45, 2.75) is 13.0 Å². The molecule has 6 nitrogen and oxygen atoms in total. The van der Waals surface area contributed by atoms with E-state index in [4.69, 9.17) is 14.2 Å². The predicted octanol–water partition coefficient (Wildman–Crippen LogP) is 5.09. The fourth-order valence-corrected chi connectivity index (χ4v) is 2.91. The predicted molar refractivity (Wildman–Crippen MR) is 122 cm³/mol. The van der Waals surface area contributed by atoms with Gasteiger partial charge in [-0.15, -0.1) is 0 Å². The zero-order valence-corrected chi connectivity index (χ0v) is 18.5. The fourth-order valence-electron chi connectivity index (χ4n) is 2.64. The van der Waals surface area contributed by atoms with Crippen molar-refractivity contribution >= 4 is 33.5 Å². The second-order valence-electron chi connectivity index (χ2n) is 6.55. The number of hydrogen-bond donors (Lipinski definition) is 1. The van der Waals surface area contributed by atoms with Gasteiger partial charge in [-0.1, -0.05) is 46.3 Å². The third kappa shape index (κ3) is 6.86. The van der Waals surface area contributed by atoms with Crippen LogP contribution in [-0.2, 0) is 9.53 Å². The van der Waals surface area contributed by atoms with Gasteiger partial charge in [0.05, 0.1) is 0 Å². The molecule has 0 spiro atoms. The van der Waals surface area contributed by atoms with Gasteiger partial charge < -0.3 is 19.5 Å². The standard InChI is InChI=1S/C24H22BrNO5/c1-17(23(27)26-19-13-11-18(25)12-14-19)31-24(28)21-9-5-6-10-22(21)30-16-15-29-20-7-3-2-4-8-20/h2-14,17H,15-16H2,1H3,(H,26,27)/t17-/m0/s1. The third-order valence-electron chi connectivity index (χ3n) is 4.22. The van der Waals surface area contributed by atoms with Gasteiger partial charge >= 0.3 is 5.97 Å². The van der Waals surface area contributed by atoms with Crippen LogP contribution in [0, 0.1) is 0 Å². The Kier molecular flexibility index (Phi) is 8.06. The highest BCUT2D eigenvalue weighted by molar-refractivity contribution is 9.10. The van der Waals surface area contributed by atoms with Crippen molar-refractivity contribution in [1.82, 2.24) is 0 Å². The summed E-state index contributed by atoms with van der Waals surface area (Å²) >= 11 is 3.34. The first-order chi connectivity index (χ1) is 15.0. The van der Waals surface area contributed by atoms with Crippen LogP contribution in [0.3, 0.4) is 0 Å². The minimum absolute atomic E-state index is 0.241. The molecule has 0 saturated carbocycles. The van der Waals surface area contributed by atoms with Crippen LogP contribution < -0.4 is 14.8 Å². The Hall–Kier alpha value is -3.32. The minimum Gasteiger partial charge on any atom is -0.490 e. The number of anilines is 1. The highest BCUT2D eigenvalue weighted by Crippen LogP contribution is 2.20. The lowest BCUT2D eigenvalue weighted by Gasteiger charge is -2.15. The summed E-state index contributed by atoms with van der Waals surface area (Å²) in [7, 11) is 0. The number of benzene rings is 3. The minimum atomic E-state index is -0.981. The number of carbonyl (C=O) groups is 2. The van der Waals surface area contributed by atoms with Crippen LogP contribution in [0.2, 0.25) is 0 Å². The van der Waals surface area contributed by atoms with Gasteiger partial charge in [0.2, 0.25) is 0 Å². The van der Waals surface area contributed by atoms with E-state index in [0.29, 0.717) is 18.0 Å². The molecule has 0 aliphatic heterocycles. The van der Waals surface area contributed by atoms with Gasteiger partial charge in [-0.25, -0.2) is 4.79 Å². The van der Waals surface area contributed by atoms with Crippen LogP contribution in [-0.4, -0.2) is 31.2 Å². The van der Waals surface area contributed by atoms with Crippen LogP contribution in [0.4, 0.5) is 5.69 Å². The van der Waals surface area contributed by atoms with E-state index >= 15 is 0 Å². The fraction of sp³-hybridized carbons (Fsp3) is 0.167. The summed E-state index contributed by atoms with van der Waals surface area (Å²) in [5.41, 5.74) is 0.851. The van der Waals surface area contributed by atoms with Crippen molar-refractivity contribution in [3.8, 4) is 11.5 Å². The molecule has 0 fully saturated rings. The van der Waals surface area contributed by atoms with E-state index in [1.807, 2.05) is 30.3 Å². The molecule has 1 N–H and O–H groups in total. The number of rotatable bonds is 9. The Bertz CT molecular complexity index is 1010. The highest BCUT2D eigenvalue weighted by atomic mass is 79.9. The van der Waals surface area contributed by atoms with Crippen LogP contribution in [0.5, 0.6) is 11.5 Å². The SMILES string of the molecule is C[C@H](OC(=O)c1ccccc1OCCOc1ccccc1)C(=O)Nc1ccc(Br)cc1.